The number of aromatic hydroxyl groups is 1. The van der Waals surface area contributed by atoms with Gasteiger partial charge < -0.3 is 34.8 Å². The fourth-order valence-electron chi connectivity index (χ4n) is 4.57. The van der Waals surface area contributed by atoms with E-state index in [0.29, 0.717) is 17.3 Å². The maximum absolute atomic E-state index is 14.1. The summed E-state index contributed by atoms with van der Waals surface area (Å²) in [5.41, 5.74) is 2.33. The van der Waals surface area contributed by atoms with E-state index in [1.54, 1.807) is 29.0 Å². The molecule has 1 saturated heterocycles. The third-order valence-corrected chi connectivity index (χ3v) is 6.30. The van der Waals surface area contributed by atoms with Crippen LogP contribution in [-0.2, 0) is 11.2 Å². The van der Waals surface area contributed by atoms with E-state index < -0.39 is 43.1 Å². The highest BCUT2D eigenvalue weighted by Gasteiger charge is 2.44. The van der Waals surface area contributed by atoms with E-state index in [-0.39, 0.29) is 5.75 Å². The molecule has 1 aliphatic heterocycles. The first kappa shape index (κ1) is 21.8. The van der Waals surface area contributed by atoms with Crippen molar-refractivity contribution in [1.82, 2.24) is 4.57 Å². The SMILES string of the molecule is OC[C@H]1O[C@@H](n2cc(Cc3ccc4cc(O)ccc4c3)c3cc(F)ccc32)[C@H](O)[C@@H](O)[C@@H]1O. The first-order chi connectivity index (χ1) is 15.9. The van der Waals surface area contributed by atoms with Crippen LogP contribution in [0.15, 0.2) is 60.8 Å². The van der Waals surface area contributed by atoms with Gasteiger partial charge in [-0.3, -0.25) is 0 Å². The number of fused-ring (bicyclic) bond motifs is 2. The molecule has 1 aromatic heterocycles. The smallest absolute Gasteiger partial charge is 0.163 e. The summed E-state index contributed by atoms with van der Waals surface area (Å²) in [7, 11) is 0. The quantitative estimate of drug-likeness (QED) is 0.324. The van der Waals surface area contributed by atoms with Crippen LogP contribution in [0.1, 0.15) is 17.4 Å². The molecule has 2 heterocycles. The summed E-state index contributed by atoms with van der Waals surface area (Å²) in [5, 5.41) is 52.6. The lowest BCUT2D eigenvalue weighted by molar-refractivity contribution is -0.250. The van der Waals surface area contributed by atoms with Crippen LogP contribution in [0.5, 0.6) is 5.75 Å². The van der Waals surface area contributed by atoms with Gasteiger partial charge in [0.25, 0.3) is 0 Å². The standard InChI is InChI=1S/C25H24FNO6/c26-17-4-6-20-19(10-17)16(8-13-1-2-15-9-18(29)5-3-14(15)7-13)11-27(20)25-24(32)23(31)22(30)21(12-28)33-25/h1-7,9-11,21-25,28-32H,8,12H2/t21-,22-,23+,24-,25-/m1/s1. The van der Waals surface area contributed by atoms with E-state index in [2.05, 4.69) is 0 Å². The molecule has 0 radical (unpaired) electrons. The summed E-state index contributed by atoms with van der Waals surface area (Å²) in [5.74, 6) is -0.224. The lowest BCUT2D eigenvalue weighted by Crippen LogP contribution is -2.56. The van der Waals surface area contributed by atoms with Gasteiger partial charge in [0.15, 0.2) is 6.23 Å². The number of aliphatic hydroxyl groups is 4. The monoisotopic (exact) mass is 453 g/mol. The average molecular weight is 453 g/mol. The topological polar surface area (TPSA) is 115 Å². The molecule has 0 spiro atoms. The zero-order chi connectivity index (χ0) is 23.3. The minimum Gasteiger partial charge on any atom is -0.508 e. The molecular weight excluding hydrogens is 429 g/mol. The van der Waals surface area contributed by atoms with Gasteiger partial charge in [0.2, 0.25) is 0 Å². The second-order valence-electron chi connectivity index (χ2n) is 8.49. The number of hydrogen-bond donors (Lipinski definition) is 5. The van der Waals surface area contributed by atoms with Gasteiger partial charge in [0, 0.05) is 11.6 Å². The number of ether oxygens (including phenoxy) is 1. The molecule has 0 amide bonds. The molecule has 8 heteroatoms. The third-order valence-electron chi connectivity index (χ3n) is 6.30. The molecule has 5 N–H and O–H groups in total. The fourth-order valence-corrected chi connectivity index (χ4v) is 4.57. The van der Waals surface area contributed by atoms with Gasteiger partial charge in [-0.25, -0.2) is 4.39 Å². The molecule has 0 aliphatic carbocycles. The number of phenolic OH excluding ortho intramolecular Hbond substituents is 1. The molecule has 4 aromatic rings. The van der Waals surface area contributed by atoms with Crippen LogP contribution in [-0.4, -0.2) is 61.1 Å². The van der Waals surface area contributed by atoms with Gasteiger partial charge in [-0.1, -0.05) is 24.3 Å². The number of benzene rings is 3. The molecule has 33 heavy (non-hydrogen) atoms. The zero-order valence-electron chi connectivity index (χ0n) is 17.5. The second-order valence-corrected chi connectivity index (χ2v) is 8.49. The van der Waals surface area contributed by atoms with Gasteiger partial charge in [-0.2, -0.15) is 0 Å². The number of hydrogen-bond acceptors (Lipinski definition) is 6. The van der Waals surface area contributed by atoms with Crippen LogP contribution < -0.4 is 0 Å². The minimum absolute atomic E-state index is 0.188. The molecule has 0 unspecified atom stereocenters. The Balaban J connectivity index is 1.57. The van der Waals surface area contributed by atoms with Crippen molar-refractivity contribution in [3.63, 3.8) is 0 Å². The van der Waals surface area contributed by atoms with Crippen molar-refractivity contribution in [1.29, 1.82) is 0 Å². The Hall–Kier alpha value is -3.01. The predicted molar refractivity (Wildman–Crippen MR) is 119 cm³/mol. The average Bonchev–Trinajstić information content (AvgIpc) is 3.15. The molecule has 0 bridgehead atoms. The van der Waals surface area contributed by atoms with Crippen molar-refractivity contribution in [2.45, 2.75) is 37.1 Å². The van der Waals surface area contributed by atoms with Crippen LogP contribution in [0.2, 0.25) is 0 Å². The molecule has 5 rings (SSSR count). The van der Waals surface area contributed by atoms with Gasteiger partial charge >= 0.3 is 0 Å². The van der Waals surface area contributed by atoms with E-state index in [1.807, 2.05) is 24.3 Å². The first-order valence-electron chi connectivity index (χ1n) is 10.7. The van der Waals surface area contributed by atoms with E-state index in [1.165, 1.54) is 12.1 Å². The van der Waals surface area contributed by atoms with Gasteiger partial charge in [0.05, 0.1) is 12.1 Å². The van der Waals surface area contributed by atoms with E-state index >= 15 is 0 Å². The summed E-state index contributed by atoms with van der Waals surface area (Å²) in [6, 6.07) is 15.2. The maximum atomic E-state index is 14.1. The Bertz CT molecular complexity index is 1320. The van der Waals surface area contributed by atoms with E-state index in [4.69, 9.17) is 4.74 Å². The minimum atomic E-state index is -1.51. The Morgan fingerprint density at radius 1 is 0.879 bits per heavy atom. The fraction of sp³-hybridized carbons (Fsp3) is 0.280. The number of phenols is 1. The summed E-state index contributed by atoms with van der Waals surface area (Å²) in [4.78, 5) is 0. The van der Waals surface area contributed by atoms with Gasteiger partial charge in [0.1, 0.15) is 36.0 Å². The predicted octanol–water partition coefficient (Wildman–Crippen LogP) is 2.20. The maximum Gasteiger partial charge on any atom is 0.163 e. The molecule has 1 fully saturated rings. The van der Waals surface area contributed by atoms with Crippen molar-refractivity contribution in [2.24, 2.45) is 0 Å². The van der Waals surface area contributed by atoms with Crippen LogP contribution in [0, 0.1) is 5.82 Å². The van der Waals surface area contributed by atoms with Crippen molar-refractivity contribution < 1.29 is 34.7 Å². The highest BCUT2D eigenvalue weighted by Crippen LogP contribution is 2.34. The van der Waals surface area contributed by atoms with Crippen LogP contribution in [0.4, 0.5) is 4.39 Å². The number of nitrogens with zero attached hydrogens (tertiary/aromatic N) is 1. The van der Waals surface area contributed by atoms with Crippen molar-refractivity contribution in [3.05, 3.63) is 77.7 Å². The van der Waals surface area contributed by atoms with Crippen molar-refractivity contribution in [2.75, 3.05) is 6.61 Å². The molecular formula is C25H24FNO6. The zero-order valence-corrected chi connectivity index (χ0v) is 17.5. The Morgan fingerprint density at radius 2 is 1.64 bits per heavy atom. The van der Waals surface area contributed by atoms with E-state index in [0.717, 1.165) is 21.9 Å². The number of aliphatic hydroxyl groups excluding tert-OH is 4. The van der Waals surface area contributed by atoms with E-state index in [9.17, 15) is 29.9 Å². The molecule has 5 atom stereocenters. The van der Waals surface area contributed by atoms with Crippen molar-refractivity contribution >= 4 is 21.7 Å². The number of rotatable bonds is 4. The van der Waals surface area contributed by atoms with Gasteiger partial charge in [-0.05, 0) is 58.7 Å². The molecule has 1 aliphatic rings. The molecule has 0 saturated carbocycles. The summed E-state index contributed by atoms with van der Waals surface area (Å²) in [6.07, 6.45) is -4.37. The van der Waals surface area contributed by atoms with Crippen molar-refractivity contribution in [3.8, 4) is 5.75 Å². The Labute approximate surface area is 188 Å². The second kappa shape index (κ2) is 8.40. The summed E-state index contributed by atoms with van der Waals surface area (Å²) < 4.78 is 21.5. The summed E-state index contributed by atoms with van der Waals surface area (Å²) in [6.45, 7) is -0.533. The largest absolute Gasteiger partial charge is 0.508 e. The molecule has 3 aromatic carbocycles. The third kappa shape index (κ3) is 3.86. The van der Waals surface area contributed by atoms with Crippen LogP contribution in [0.3, 0.4) is 0 Å². The lowest BCUT2D eigenvalue weighted by atomic mass is 9.98. The highest BCUT2D eigenvalue weighted by molar-refractivity contribution is 5.86. The van der Waals surface area contributed by atoms with Crippen LogP contribution in [0.25, 0.3) is 21.7 Å². The normalized spacial score (nSPS) is 25.7. The molecule has 7 nitrogen and oxygen atoms in total. The number of aromatic nitrogens is 1. The van der Waals surface area contributed by atoms with Gasteiger partial charge in [-0.15, -0.1) is 0 Å². The summed E-state index contributed by atoms with van der Waals surface area (Å²) >= 11 is 0. The Morgan fingerprint density at radius 3 is 2.42 bits per heavy atom. The lowest BCUT2D eigenvalue weighted by Gasteiger charge is -2.40. The first-order valence-corrected chi connectivity index (χ1v) is 10.7. The molecule has 172 valence electrons. The highest BCUT2D eigenvalue weighted by atomic mass is 19.1. The Kier molecular flexibility index (Phi) is 5.55. The number of halogens is 1. The van der Waals surface area contributed by atoms with Crippen LogP contribution >= 0.6 is 0 Å².